The molecule has 1 amide bonds. The zero-order valence-corrected chi connectivity index (χ0v) is 20.8. The fourth-order valence-electron chi connectivity index (χ4n) is 4.38. The first-order valence-electron chi connectivity index (χ1n) is 11.9. The number of pyridine rings is 1. The van der Waals surface area contributed by atoms with Crippen LogP contribution in [0.3, 0.4) is 0 Å². The molecule has 0 saturated carbocycles. The summed E-state index contributed by atoms with van der Waals surface area (Å²) in [6.07, 6.45) is 3.01. The number of benzene rings is 1. The molecule has 10 nitrogen and oxygen atoms in total. The van der Waals surface area contributed by atoms with Crippen LogP contribution in [0.5, 0.6) is 11.5 Å². The number of carbonyl (C=O) groups is 2. The molecule has 1 fully saturated rings. The van der Waals surface area contributed by atoms with Gasteiger partial charge < -0.3 is 19.1 Å². The molecule has 3 aromatic rings. The first-order chi connectivity index (χ1) is 17.2. The maximum Gasteiger partial charge on any atom is 0.410 e. The number of hydrogen-bond acceptors (Lipinski definition) is 8. The topological polar surface area (TPSA) is 110 Å². The van der Waals surface area contributed by atoms with Crippen molar-refractivity contribution in [3.8, 4) is 11.5 Å². The Morgan fingerprint density at radius 3 is 2.69 bits per heavy atom. The van der Waals surface area contributed by atoms with Gasteiger partial charge in [-0.05, 0) is 45.0 Å². The van der Waals surface area contributed by atoms with Crippen LogP contribution in [0.2, 0.25) is 0 Å². The Bertz CT molecular complexity index is 1350. The van der Waals surface area contributed by atoms with Gasteiger partial charge in [0.2, 0.25) is 5.78 Å². The molecule has 2 aliphatic rings. The molecule has 0 unspecified atom stereocenters. The molecule has 4 heterocycles. The summed E-state index contributed by atoms with van der Waals surface area (Å²) in [5, 5.41) is 7.95. The lowest BCUT2D eigenvalue weighted by atomic mass is 10.0. The zero-order valence-electron chi connectivity index (χ0n) is 20.8. The van der Waals surface area contributed by atoms with Gasteiger partial charge in [-0.2, -0.15) is 5.10 Å². The number of amides is 1. The number of methoxy groups -OCH3 is 1. The van der Waals surface area contributed by atoms with Crippen LogP contribution < -0.4 is 9.47 Å². The Labute approximate surface area is 208 Å². The lowest BCUT2D eigenvalue weighted by molar-refractivity contribution is 0.0138. The minimum atomic E-state index is -0.528. The maximum absolute atomic E-state index is 13.2. The number of piperazine rings is 1. The van der Waals surface area contributed by atoms with Gasteiger partial charge in [0.15, 0.2) is 11.4 Å². The van der Waals surface area contributed by atoms with Gasteiger partial charge in [-0.25, -0.2) is 9.78 Å². The minimum absolute atomic E-state index is 0.200. The highest BCUT2D eigenvalue weighted by molar-refractivity contribution is 6.15. The number of rotatable bonds is 4. The van der Waals surface area contributed by atoms with Crippen molar-refractivity contribution >= 4 is 29.0 Å². The highest BCUT2D eigenvalue weighted by atomic mass is 16.6. The van der Waals surface area contributed by atoms with Gasteiger partial charge in [-0.3, -0.25) is 14.8 Å². The third kappa shape index (κ3) is 4.64. The van der Waals surface area contributed by atoms with Gasteiger partial charge in [-0.1, -0.05) is 0 Å². The highest BCUT2D eigenvalue weighted by Crippen LogP contribution is 2.40. The monoisotopic (exact) mass is 491 g/mol. The average Bonchev–Trinajstić information content (AvgIpc) is 3.40. The standard InChI is InChI=1S/C26H29N5O5/c1-26(2,3)36-25(33)31-12-10-30(11-13-31)15-18-20(34-4)8-7-17-22(32)21(35-23(17)18)14-19-16-6-5-9-27-24(16)29-28-19/h5-9,14H,10-13,15H2,1-4H3,(H,27,28,29)/b21-14-. The number of fused-ring (bicyclic) bond motifs is 2. The third-order valence-corrected chi connectivity index (χ3v) is 6.16. The van der Waals surface area contributed by atoms with Crippen molar-refractivity contribution in [2.45, 2.75) is 32.9 Å². The number of carbonyl (C=O) groups excluding carboxylic acids is 2. The SMILES string of the molecule is COc1ccc2c(c1CN1CCN(C(=O)OC(C)(C)C)CC1)O/C(=C\c1n[nH]c3ncccc13)C2=O. The second-order valence-electron chi connectivity index (χ2n) is 9.81. The summed E-state index contributed by atoms with van der Waals surface area (Å²) < 4.78 is 17.2. The van der Waals surface area contributed by atoms with Gasteiger partial charge in [0.05, 0.1) is 23.9 Å². The Morgan fingerprint density at radius 1 is 1.19 bits per heavy atom. The van der Waals surface area contributed by atoms with E-state index in [4.69, 9.17) is 14.2 Å². The molecule has 0 spiro atoms. The number of aromatic amines is 1. The number of H-pyrrole nitrogens is 1. The first kappa shape index (κ1) is 23.8. The van der Waals surface area contributed by atoms with Crippen molar-refractivity contribution < 1.29 is 23.8 Å². The second kappa shape index (κ2) is 9.27. The summed E-state index contributed by atoms with van der Waals surface area (Å²) in [6.45, 7) is 8.53. The number of nitrogens with one attached hydrogen (secondary N) is 1. The van der Waals surface area contributed by atoms with Crippen molar-refractivity contribution in [1.82, 2.24) is 25.0 Å². The van der Waals surface area contributed by atoms with E-state index in [1.54, 1.807) is 36.4 Å². The summed E-state index contributed by atoms with van der Waals surface area (Å²) in [4.78, 5) is 33.8. The molecule has 0 aliphatic carbocycles. The minimum Gasteiger partial charge on any atom is -0.496 e. The van der Waals surface area contributed by atoms with E-state index in [2.05, 4.69) is 20.1 Å². The van der Waals surface area contributed by atoms with Crippen molar-refractivity contribution in [2.75, 3.05) is 33.3 Å². The van der Waals surface area contributed by atoms with Gasteiger partial charge >= 0.3 is 6.09 Å². The Balaban J connectivity index is 1.35. The number of Topliss-reactive ketones (excluding diaryl/α,β-unsaturated/α-hetero) is 1. The molecule has 0 radical (unpaired) electrons. The Hall–Kier alpha value is -3.92. The smallest absolute Gasteiger partial charge is 0.410 e. The molecule has 1 N–H and O–H groups in total. The van der Waals surface area contributed by atoms with Crippen LogP contribution in [-0.2, 0) is 11.3 Å². The van der Waals surface area contributed by atoms with Crippen molar-refractivity contribution in [2.24, 2.45) is 0 Å². The van der Waals surface area contributed by atoms with Crippen molar-refractivity contribution in [3.63, 3.8) is 0 Å². The summed E-state index contributed by atoms with van der Waals surface area (Å²) in [5.74, 6) is 1.14. The van der Waals surface area contributed by atoms with Crippen molar-refractivity contribution in [3.05, 3.63) is 53.0 Å². The Morgan fingerprint density at radius 2 is 1.97 bits per heavy atom. The predicted molar refractivity (Wildman–Crippen MR) is 133 cm³/mol. The molecular formula is C26H29N5O5. The van der Waals surface area contributed by atoms with E-state index in [-0.39, 0.29) is 17.6 Å². The molecule has 5 rings (SSSR count). The van der Waals surface area contributed by atoms with Crippen LogP contribution in [0, 0.1) is 0 Å². The van der Waals surface area contributed by atoms with Gasteiger partial charge in [0, 0.05) is 50.4 Å². The fraction of sp³-hybridized carbons (Fsp3) is 0.385. The van der Waals surface area contributed by atoms with Crippen LogP contribution in [0.25, 0.3) is 17.1 Å². The molecule has 2 aromatic heterocycles. The second-order valence-corrected chi connectivity index (χ2v) is 9.81. The number of ketones is 1. The van der Waals surface area contributed by atoms with E-state index in [1.807, 2.05) is 32.9 Å². The molecule has 2 aliphatic heterocycles. The molecule has 1 aromatic carbocycles. The van der Waals surface area contributed by atoms with E-state index in [0.29, 0.717) is 61.1 Å². The quantitative estimate of drug-likeness (QED) is 0.551. The zero-order chi connectivity index (χ0) is 25.4. The van der Waals surface area contributed by atoms with Crippen LogP contribution >= 0.6 is 0 Å². The molecule has 188 valence electrons. The number of ether oxygens (including phenoxy) is 3. The van der Waals surface area contributed by atoms with Crippen LogP contribution in [0.4, 0.5) is 4.79 Å². The van der Waals surface area contributed by atoms with Crippen molar-refractivity contribution in [1.29, 1.82) is 0 Å². The van der Waals surface area contributed by atoms with E-state index in [0.717, 1.165) is 10.9 Å². The lowest BCUT2D eigenvalue weighted by Gasteiger charge is -2.35. The summed E-state index contributed by atoms with van der Waals surface area (Å²) in [6, 6.07) is 7.22. The van der Waals surface area contributed by atoms with Gasteiger partial charge in [-0.15, -0.1) is 0 Å². The molecule has 0 atom stereocenters. The molecule has 36 heavy (non-hydrogen) atoms. The van der Waals surface area contributed by atoms with Crippen LogP contribution in [0.15, 0.2) is 36.2 Å². The number of allylic oxidation sites excluding steroid dienone is 1. The summed E-state index contributed by atoms with van der Waals surface area (Å²) >= 11 is 0. The van der Waals surface area contributed by atoms with E-state index in [9.17, 15) is 9.59 Å². The van der Waals surface area contributed by atoms with E-state index >= 15 is 0 Å². The molecule has 10 heteroatoms. The largest absolute Gasteiger partial charge is 0.496 e. The predicted octanol–water partition coefficient (Wildman–Crippen LogP) is 3.64. The Kier molecular flexibility index (Phi) is 6.13. The molecule has 0 bridgehead atoms. The van der Waals surface area contributed by atoms with Gasteiger partial charge in [0.1, 0.15) is 17.1 Å². The average molecular weight is 492 g/mol. The maximum atomic E-state index is 13.2. The third-order valence-electron chi connectivity index (χ3n) is 6.16. The highest BCUT2D eigenvalue weighted by Gasteiger charge is 2.33. The number of aromatic nitrogens is 3. The normalized spacial score (nSPS) is 17.4. The molecular weight excluding hydrogens is 462 g/mol. The van der Waals surface area contributed by atoms with E-state index < -0.39 is 5.60 Å². The summed E-state index contributed by atoms with van der Waals surface area (Å²) in [5.41, 5.74) is 1.98. The number of nitrogens with zero attached hydrogens (tertiary/aromatic N) is 4. The number of hydrogen-bond donors (Lipinski definition) is 1. The van der Waals surface area contributed by atoms with Crippen LogP contribution in [0.1, 0.15) is 42.4 Å². The van der Waals surface area contributed by atoms with Crippen LogP contribution in [-0.4, -0.2) is 75.7 Å². The van der Waals surface area contributed by atoms with E-state index in [1.165, 1.54) is 0 Å². The first-order valence-corrected chi connectivity index (χ1v) is 11.9. The molecule has 1 saturated heterocycles. The lowest BCUT2D eigenvalue weighted by Crippen LogP contribution is -2.49. The van der Waals surface area contributed by atoms with Gasteiger partial charge in [0.25, 0.3) is 0 Å². The summed E-state index contributed by atoms with van der Waals surface area (Å²) in [7, 11) is 1.60. The fourth-order valence-corrected chi connectivity index (χ4v) is 4.38.